The third kappa shape index (κ3) is 3.55. The van der Waals surface area contributed by atoms with Gasteiger partial charge in [0.1, 0.15) is 5.82 Å². The Kier molecular flexibility index (Phi) is 4.62. The van der Waals surface area contributed by atoms with Gasteiger partial charge in [-0.2, -0.15) is 0 Å². The molecule has 2 aromatic heterocycles. The number of H-pyrrole nitrogens is 1. The number of aryl methyl sites for hydroxylation is 2. The van der Waals surface area contributed by atoms with E-state index in [0.29, 0.717) is 12.4 Å². The second-order valence-electron chi connectivity index (χ2n) is 7.34. The van der Waals surface area contributed by atoms with E-state index >= 15 is 0 Å². The van der Waals surface area contributed by atoms with E-state index in [-0.39, 0.29) is 5.56 Å². The number of hydrogen-bond acceptors (Lipinski definition) is 4. The molecule has 0 radical (unpaired) electrons. The minimum atomic E-state index is -0.00871. The minimum absolute atomic E-state index is 0.00871. The van der Waals surface area contributed by atoms with E-state index in [2.05, 4.69) is 64.0 Å². The first-order chi connectivity index (χ1) is 13.0. The number of hydrogen-bond donors (Lipinski definition) is 1. The van der Waals surface area contributed by atoms with Gasteiger partial charge in [0.2, 0.25) is 0 Å². The lowest BCUT2D eigenvalue weighted by molar-refractivity contribution is 0.241. The summed E-state index contributed by atoms with van der Waals surface area (Å²) in [6.07, 6.45) is 2.76. The molecule has 3 heterocycles. The van der Waals surface area contributed by atoms with Crippen molar-refractivity contribution in [2.45, 2.75) is 40.3 Å². The van der Waals surface area contributed by atoms with E-state index in [9.17, 15) is 4.79 Å². The van der Waals surface area contributed by atoms with Crippen LogP contribution in [0.25, 0.3) is 11.3 Å². The van der Waals surface area contributed by atoms with Crippen molar-refractivity contribution in [2.24, 2.45) is 0 Å². The Labute approximate surface area is 159 Å². The van der Waals surface area contributed by atoms with Crippen LogP contribution in [0.2, 0.25) is 0 Å². The summed E-state index contributed by atoms with van der Waals surface area (Å²) in [5.41, 5.74) is 7.62. The van der Waals surface area contributed by atoms with Crippen molar-refractivity contribution >= 4 is 0 Å². The highest BCUT2D eigenvalue weighted by atomic mass is 16.1. The molecule has 4 rings (SSSR count). The second-order valence-corrected chi connectivity index (χ2v) is 7.34. The largest absolute Gasteiger partial charge is 0.310 e. The molecule has 0 saturated carbocycles. The summed E-state index contributed by atoms with van der Waals surface area (Å²) in [6.45, 7) is 8.42. The normalized spacial score (nSPS) is 14.2. The van der Waals surface area contributed by atoms with Crippen molar-refractivity contribution in [3.63, 3.8) is 0 Å². The molecule has 0 amide bonds. The molecular weight excluding hydrogens is 336 g/mol. The van der Waals surface area contributed by atoms with E-state index in [0.717, 1.165) is 42.0 Å². The van der Waals surface area contributed by atoms with Crippen LogP contribution in [0.1, 0.15) is 33.8 Å². The quantitative estimate of drug-likeness (QED) is 0.778. The zero-order valence-electron chi connectivity index (χ0n) is 16.0. The second kappa shape index (κ2) is 7.08. The Bertz CT molecular complexity index is 1040. The number of nitrogens with one attached hydrogen (secondary N) is 1. The molecule has 138 valence electrons. The Morgan fingerprint density at radius 2 is 2.00 bits per heavy atom. The van der Waals surface area contributed by atoms with Crippen LogP contribution in [0.5, 0.6) is 0 Å². The molecule has 0 spiro atoms. The SMILES string of the molecule is Cc1nc2c(c(=O)[nH]1)CN(Cc1ccc(-c3cccc(C)c3C)nc1)CC2. The van der Waals surface area contributed by atoms with Gasteiger partial charge in [-0.15, -0.1) is 0 Å². The van der Waals surface area contributed by atoms with E-state index < -0.39 is 0 Å². The van der Waals surface area contributed by atoms with Gasteiger partial charge in [0.25, 0.3) is 5.56 Å². The summed E-state index contributed by atoms with van der Waals surface area (Å²) in [5, 5.41) is 0. The van der Waals surface area contributed by atoms with Crippen molar-refractivity contribution in [2.75, 3.05) is 6.54 Å². The van der Waals surface area contributed by atoms with Crippen LogP contribution < -0.4 is 5.56 Å². The lowest BCUT2D eigenvalue weighted by Gasteiger charge is -2.27. The average Bonchev–Trinajstić information content (AvgIpc) is 2.65. The maximum Gasteiger partial charge on any atom is 0.255 e. The van der Waals surface area contributed by atoms with Gasteiger partial charge >= 0.3 is 0 Å². The van der Waals surface area contributed by atoms with E-state index in [4.69, 9.17) is 0 Å². The summed E-state index contributed by atoms with van der Waals surface area (Å²) in [6, 6.07) is 10.5. The smallest absolute Gasteiger partial charge is 0.255 e. The summed E-state index contributed by atoms with van der Waals surface area (Å²) in [7, 11) is 0. The van der Waals surface area contributed by atoms with Crippen molar-refractivity contribution in [1.29, 1.82) is 0 Å². The van der Waals surface area contributed by atoms with Crippen LogP contribution in [0.4, 0.5) is 0 Å². The Balaban J connectivity index is 1.51. The topological polar surface area (TPSA) is 61.9 Å². The summed E-state index contributed by atoms with van der Waals surface area (Å²) in [4.78, 5) is 26.5. The third-order valence-electron chi connectivity index (χ3n) is 5.38. The molecule has 3 aromatic rings. The molecule has 0 bridgehead atoms. The zero-order chi connectivity index (χ0) is 19.0. The van der Waals surface area contributed by atoms with Crippen LogP contribution in [-0.4, -0.2) is 26.4 Å². The van der Waals surface area contributed by atoms with Gasteiger partial charge < -0.3 is 4.98 Å². The van der Waals surface area contributed by atoms with E-state index in [1.807, 2.05) is 13.1 Å². The minimum Gasteiger partial charge on any atom is -0.310 e. The fourth-order valence-corrected chi connectivity index (χ4v) is 3.70. The Hall–Kier alpha value is -2.79. The number of benzene rings is 1. The molecule has 0 saturated heterocycles. The standard InChI is InChI=1S/C22H24N4O/c1-14-5-4-6-18(15(14)2)20-8-7-17(11-23-20)12-26-10-9-21-19(13-26)22(27)25-16(3)24-21/h4-8,11H,9-10,12-13H2,1-3H3,(H,24,25,27). The molecule has 1 aliphatic rings. The fourth-order valence-electron chi connectivity index (χ4n) is 3.70. The molecule has 0 fully saturated rings. The van der Waals surface area contributed by atoms with Gasteiger partial charge in [-0.1, -0.05) is 24.3 Å². The molecular formula is C22H24N4O. The van der Waals surface area contributed by atoms with Crippen LogP contribution in [0.3, 0.4) is 0 Å². The maximum atomic E-state index is 12.2. The van der Waals surface area contributed by atoms with Crippen LogP contribution in [0, 0.1) is 20.8 Å². The van der Waals surface area contributed by atoms with Gasteiger partial charge in [-0.3, -0.25) is 14.7 Å². The molecule has 1 N–H and O–H groups in total. The highest BCUT2D eigenvalue weighted by Gasteiger charge is 2.20. The zero-order valence-corrected chi connectivity index (χ0v) is 16.0. The number of rotatable bonds is 3. The van der Waals surface area contributed by atoms with E-state index in [1.54, 1.807) is 0 Å². The predicted octanol–water partition coefficient (Wildman–Crippen LogP) is 3.32. The summed E-state index contributed by atoms with van der Waals surface area (Å²) < 4.78 is 0. The maximum absolute atomic E-state index is 12.2. The Morgan fingerprint density at radius 3 is 2.78 bits per heavy atom. The van der Waals surface area contributed by atoms with E-state index in [1.165, 1.54) is 16.7 Å². The average molecular weight is 360 g/mol. The molecule has 5 nitrogen and oxygen atoms in total. The predicted molar refractivity (Wildman–Crippen MR) is 107 cm³/mol. The molecule has 0 aliphatic carbocycles. The lowest BCUT2D eigenvalue weighted by atomic mass is 10.0. The lowest BCUT2D eigenvalue weighted by Crippen LogP contribution is -2.35. The molecule has 5 heteroatoms. The van der Waals surface area contributed by atoms with Crippen LogP contribution >= 0.6 is 0 Å². The van der Waals surface area contributed by atoms with Gasteiger partial charge in [0.05, 0.1) is 17.0 Å². The first-order valence-electron chi connectivity index (χ1n) is 9.34. The van der Waals surface area contributed by atoms with Gasteiger partial charge in [-0.25, -0.2) is 4.98 Å². The Morgan fingerprint density at radius 1 is 1.15 bits per heavy atom. The third-order valence-corrected chi connectivity index (χ3v) is 5.38. The monoisotopic (exact) mass is 360 g/mol. The number of pyridine rings is 1. The number of fused-ring (bicyclic) bond motifs is 1. The number of nitrogens with zero attached hydrogens (tertiary/aromatic N) is 3. The van der Waals surface area contributed by atoms with Gasteiger partial charge in [-0.05, 0) is 43.5 Å². The highest BCUT2D eigenvalue weighted by Crippen LogP contribution is 2.24. The number of aromatic amines is 1. The summed E-state index contributed by atoms with van der Waals surface area (Å²) in [5.74, 6) is 0.693. The molecule has 1 aliphatic heterocycles. The summed E-state index contributed by atoms with van der Waals surface area (Å²) >= 11 is 0. The molecule has 1 aromatic carbocycles. The first kappa shape index (κ1) is 17.6. The fraction of sp³-hybridized carbons (Fsp3) is 0.318. The van der Waals surface area contributed by atoms with Gasteiger partial charge in [0.15, 0.2) is 0 Å². The van der Waals surface area contributed by atoms with Crippen molar-refractivity contribution in [3.05, 3.63) is 80.7 Å². The van der Waals surface area contributed by atoms with Crippen molar-refractivity contribution in [1.82, 2.24) is 19.9 Å². The molecule has 0 atom stereocenters. The highest BCUT2D eigenvalue weighted by molar-refractivity contribution is 5.64. The number of aromatic nitrogens is 3. The van der Waals surface area contributed by atoms with Crippen LogP contribution in [0.15, 0.2) is 41.3 Å². The molecule has 27 heavy (non-hydrogen) atoms. The van der Waals surface area contributed by atoms with Crippen molar-refractivity contribution < 1.29 is 0 Å². The first-order valence-corrected chi connectivity index (χ1v) is 9.34. The van der Waals surface area contributed by atoms with Crippen LogP contribution in [-0.2, 0) is 19.5 Å². The van der Waals surface area contributed by atoms with Crippen molar-refractivity contribution in [3.8, 4) is 11.3 Å². The molecule has 0 unspecified atom stereocenters. The van der Waals surface area contributed by atoms with Gasteiger partial charge in [0, 0.05) is 37.8 Å².